The zero-order chi connectivity index (χ0) is 9.84. The van der Waals surface area contributed by atoms with Gasteiger partial charge >= 0.3 is 0 Å². The average Bonchev–Trinajstić information content (AvgIpc) is 2.50. The molecule has 2 N–H and O–H groups in total. The molecule has 0 spiro atoms. The van der Waals surface area contributed by atoms with Gasteiger partial charge in [-0.1, -0.05) is 0 Å². The molecule has 0 unspecified atom stereocenters. The summed E-state index contributed by atoms with van der Waals surface area (Å²) in [6.07, 6.45) is 0. The molecule has 0 saturated heterocycles. The second-order valence-electron chi connectivity index (χ2n) is 3.24. The van der Waals surface area contributed by atoms with Gasteiger partial charge in [0.05, 0.1) is 12.4 Å². The maximum Gasteiger partial charge on any atom is 0.186 e. The number of hydrogen-bond donors (Lipinski definition) is 1. The summed E-state index contributed by atoms with van der Waals surface area (Å²) < 4.78 is 0. The Hall–Kier alpha value is -0.650. The van der Waals surface area contributed by atoms with E-state index in [-0.39, 0.29) is 0 Å². The van der Waals surface area contributed by atoms with Crippen LogP contribution >= 0.6 is 11.3 Å². The smallest absolute Gasteiger partial charge is 0.186 e. The van der Waals surface area contributed by atoms with Crippen LogP contribution in [0.25, 0.3) is 0 Å². The molecule has 13 heavy (non-hydrogen) atoms. The average molecular weight is 200 g/mol. The molecule has 1 heterocycles. The maximum atomic E-state index is 5.48. The minimum Gasteiger partial charge on any atom is -0.338 e. The van der Waals surface area contributed by atoms with Crippen LogP contribution in [0.3, 0.4) is 0 Å². The summed E-state index contributed by atoms with van der Waals surface area (Å²) in [4.78, 5) is 8.58. The Morgan fingerprint density at radius 3 is 2.62 bits per heavy atom. The Kier molecular flexibility index (Phi) is 3.65. The third-order valence-corrected chi connectivity index (χ3v) is 2.57. The lowest BCUT2D eigenvalue weighted by atomic mass is 10.5. The Labute approximate surface area is 83.0 Å². The predicted molar refractivity (Wildman–Crippen MR) is 57.0 cm³/mol. The number of anilines is 1. The van der Waals surface area contributed by atoms with E-state index in [1.165, 1.54) is 0 Å². The second kappa shape index (κ2) is 4.55. The van der Waals surface area contributed by atoms with E-state index in [1.54, 1.807) is 11.3 Å². The third kappa shape index (κ3) is 2.95. The van der Waals surface area contributed by atoms with Crippen LogP contribution < -0.4 is 10.6 Å². The van der Waals surface area contributed by atoms with Crippen LogP contribution in [0.15, 0.2) is 5.38 Å². The monoisotopic (exact) mass is 200 g/mol. The van der Waals surface area contributed by atoms with E-state index >= 15 is 0 Å². The Morgan fingerprint density at radius 1 is 1.46 bits per heavy atom. The van der Waals surface area contributed by atoms with Gasteiger partial charge in [-0.25, -0.2) is 4.98 Å². The first-order chi connectivity index (χ1) is 6.13. The highest BCUT2D eigenvalue weighted by Crippen LogP contribution is 2.18. The van der Waals surface area contributed by atoms with Gasteiger partial charge in [0.15, 0.2) is 5.13 Å². The van der Waals surface area contributed by atoms with Gasteiger partial charge in [0.1, 0.15) is 0 Å². The minimum absolute atomic E-state index is 0.520. The van der Waals surface area contributed by atoms with Gasteiger partial charge in [-0.05, 0) is 14.1 Å². The van der Waals surface area contributed by atoms with Gasteiger partial charge in [-0.3, -0.25) is 4.90 Å². The van der Waals surface area contributed by atoms with Crippen molar-refractivity contribution in [2.75, 3.05) is 32.7 Å². The summed E-state index contributed by atoms with van der Waals surface area (Å²) in [5.74, 6) is 0. The quantitative estimate of drug-likeness (QED) is 0.721. The van der Waals surface area contributed by atoms with Crippen molar-refractivity contribution in [2.24, 2.45) is 5.73 Å². The van der Waals surface area contributed by atoms with Crippen molar-refractivity contribution >= 4 is 16.5 Å². The molecule has 1 aromatic heterocycles. The summed E-state index contributed by atoms with van der Waals surface area (Å²) in [6.45, 7) is 1.39. The van der Waals surface area contributed by atoms with Gasteiger partial charge in [-0.15, -0.1) is 11.3 Å². The molecule has 0 aliphatic heterocycles. The summed E-state index contributed by atoms with van der Waals surface area (Å²) in [7, 11) is 6.10. The molecule has 74 valence electrons. The van der Waals surface area contributed by atoms with Crippen LogP contribution in [0.5, 0.6) is 0 Å². The fourth-order valence-corrected chi connectivity index (χ4v) is 1.85. The van der Waals surface area contributed by atoms with Crippen molar-refractivity contribution < 1.29 is 0 Å². The van der Waals surface area contributed by atoms with Gasteiger partial charge in [0.2, 0.25) is 0 Å². The molecule has 5 heteroatoms. The lowest BCUT2D eigenvalue weighted by molar-refractivity contribution is 0.411. The summed E-state index contributed by atoms with van der Waals surface area (Å²) in [6, 6.07) is 0. The van der Waals surface area contributed by atoms with Crippen molar-refractivity contribution in [3.63, 3.8) is 0 Å². The Morgan fingerprint density at radius 2 is 2.15 bits per heavy atom. The number of thiazole rings is 1. The Balaban J connectivity index is 2.60. The maximum absolute atomic E-state index is 5.48. The number of nitrogens with two attached hydrogens (primary N) is 1. The highest BCUT2D eigenvalue weighted by molar-refractivity contribution is 7.13. The second-order valence-corrected chi connectivity index (χ2v) is 4.08. The molecule has 1 aromatic rings. The molecule has 0 aliphatic carbocycles. The molecule has 0 saturated carbocycles. The van der Waals surface area contributed by atoms with Crippen LogP contribution in [0.2, 0.25) is 0 Å². The molecular weight excluding hydrogens is 184 g/mol. The van der Waals surface area contributed by atoms with E-state index in [1.807, 2.05) is 26.5 Å². The Bertz CT molecular complexity index is 258. The van der Waals surface area contributed by atoms with Crippen molar-refractivity contribution in [1.82, 2.24) is 9.88 Å². The SMILES string of the molecule is CN(C)CN(C)c1nc(CN)cs1. The van der Waals surface area contributed by atoms with Crippen molar-refractivity contribution in [1.29, 1.82) is 0 Å². The van der Waals surface area contributed by atoms with Gasteiger partial charge < -0.3 is 10.6 Å². The zero-order valence-electron chi connectivity index (χ0n) is 8.32. The van der Waals surface area contributed by atoms with Gasteiger partial charge in [0.25, 0.3) is 0 Å². The highest BCUT2D eigenvalue weighted by Gasteiger charge is 2.06. The van der Waals surface area contributed by atoms with E-state index in [0.29, 0.717) is 6.54 Å². The van der Waals surface area contributed by atoms with Crippen LogP contribution in [0, 0.1) is 0 Å². The van der Waals surface area contributed by atoms with Crippen LogP contribution in [-0.4, -0.2) is 37.7 Å². The zero-order valence-corrected chi connectivity index (χ0v) is 9.14. The molecule has 0 atom stereocenters. The number of rotatable bonds is 4. The fourth-order valence-electron chi connectivity index (χ4n) is 1.05. The summed E-state index contributed by atoms with van der Waals surface area (Å²) in [5.41, 5.74) is 6.44. The van der Waals surface area contributed by atoms with E-state index < -0.39 is 0 Å². The molecule has 0 fully saturated rings. The highest BCUT2D eigenvalue weighted by atomic mass is 32.1. The van der Waals surface area contributed by atoms with Crippen molar-refractivity contribution in [3.05, 3.63) is 11.1 Å². The standard InChI is InChI=1S/C8H16N4S/c1-11(2)6-12(3)8-10-7(4-9)5-13-8/h5H,4,6,9H2,1-3H3. The molecule has 0 aliphatic rings. The topological polar surface area (TPSA) is 45.4 Å². The number of aromatic nitrogens is 1. The van der Waals surface area contributed by atoms with Crippen LogP contribution in [0.1, 0.15) is 5.69 Å². The first-order valence-electron chi connectivity index (χ1n) is 4.14. The number of hydrogen-bond acceptors (Lipinski definition) is 5. The number of nitrogens with zero attached hydrogens (tertiary/aromatic N) is 3. The van der Waals surface area contributed by atoms with E-state index in [0.717, 1.165) is 17.5 Å². The molecule has 0 amide bonds. The molecule has 0 bridgehead atoms. The van der Waals surface area contributed by atoms with Gasteiger partial charge in [-0.2, -0.15) is 0 Å². The minimum atomic E-state index is 0.520. The van der Waals surface area contributed by atoms with Crippen molar-refractivity contribution in [2.45, 2.75) is 6.54 Å². The van der Waals surface area contributed by atoms with Crippen LogP contribution in [0.4, 0.5) is 5.13 Å². The molecule has 1 rings (SSSR count). The molecule has 4 nitrogen and oxygen atoms in total. The first kappa shape index (κ1) is 10.4. The fraction of sp³-hybridized carbons (Fsp3) is 0.625. The molecule has 0 radical (unpaired) electrons. The summed E-state index contributed by atoms with van der Waals surface area (Å²) in [5, 5.41) is 3.02. The first-order valence-corrected chi connectivity index (χ1v) is 5.01. The normalized spacial score (nSPS) is 10.8. The van der Waals surface area contributed by atoms with E-state index in [9.17, 15) is 0 Å². The predicted octanol–water partition coefficient (Wildman–Crippen LogP) is 0.557. The van der Waals surface area contributed by atoms with Crippen LogP contribution in [-0.2, 0) is 6.54 Å². The largest absolute Gasteiger partial charge is 0.338 e. The van der Waals surface area contributed by atoms with E-state index in [2.05, 4.69) is 14.8 Å². The molecule has 0 aromatic carbocycles. The third-order valence-electron chi connectivity index (χ3n) is 1.57. The lowest BCUT2D eigenvalue weighted by Gasteiger charge is -2.20. The summed E-state index contributed by atoms with van der Waals surface area (Å²) >= 11 is 1.63. The lowest BCUT2D eigenvalue weighted by Crippen LogP contribution is -2.29. The van der Waals surface area contributed by atoms with Gasteiger partial charge in [0, 0.05) is 19.0 Å². The molecular formula is C8H16N4S. The van der Waals surface area contributed by atoms with E-state index in [4.69, 9.17) is 5.73 Å². The van der Waals surface area contributed by atoms with Crippen molar-refractivity contribution in [3.8, 4) is 0 Å².